The normalized spacial score (nSPS) is 15.2. The molecule has 1 atom stereocenters. The number of carbonyl (C=O) groups excluding carboxylic acids is 1. The molecule has 0 saturated carbocycles. The number of pyridine rings is 1. The van der Waals surface area contributed by atoms with Crippen molar-refractivity contribution in [2.24, 2.45) is 5.92 Å². The van der Waals surface area contributed by atoms with Crippen LogP contribution >= 0.6 is 27.3 Å². The van der Waals surface area contributed by atoms with Gasteiger partial charge in [0.25, 0.3) is 0 Å². The summed E-state index contributed by atoms with van der Waals surface area (Å²) >= 11 is 4.97. The van der Waals surface area contributed by atoms with Gasteiger partial charge in [0.05, 0.1) is 23.9 Å². The SMILES string of the molecule is COc1cc2c(cc1-c1nc(Br)cs1)CC(C(C)C)n1cc(C(C)=O)c(=O)cc1-2. The Bertz CT molecular complexity index is 1180. The average Bonchev–Trinajstić information content (AvgIpc) is 3.11. The predicted octanol–water partition coefficient (Wildman–Crippen LogP) is 5.37. The van der Waals surface area contributed by atoms with Crippen LogP contribution in [0.2, 0.25) is 0 Å². The minimum Gasteiger partial charge on any atom is -0.496 e. The van der Waals surface area contributed by atoms with Crippen molar-refractivity contribution in [3.8, 4) is 27.6 Å². The second kappa shape index (κ2) is 7.54. The fourth-order valence-electron chi connectivity index (χ4n) is 3.93. The Hall–Kier alpha value is -2.25. The van der Waals surface area contributed by atoms with Gasteiger partial charge >= 0.3 is 0 Å². The van der Waals surface area contributed by atoms with Crippen molar-refractivity contribution in [2.75, 3.05) is 7.11 Å². The molecule has 1 aromatic carbocycles. The third kappa shape index (κ3) is 3.46. The van der Waals surface area contributed by atoms with Gasteiger partial charge in [0.15, 0.2) is 11.2 Å². The number of fused-ring (bicyclic) bond motifs is 3. The van der Waals surface area contributed by atoms with Crippen LogP contribution < -0.4 is 10.2 Å². The largest absolute Gasteiger partial charge is 0.496 e. The molecule has 5 nitrogen and oxygen atoms in total. The minimum absolute atomic E-state index is 0.153. The first-order valence-electron chi connectivity index (χ1n) is 9.40. The summed E-state index contributed by atoms with van der Waals surface area (Å²) in [7, 11) is 1.64. The summed E-state index contributed by atoms with van der Waals surface area (Å²) in [5.74, 6) is 0.841. The molecule has 150 valence electrons. The topological polar surface area (TPSA) is 61.2 Å². The fourth-order valence-corrected chi connectivity index (χ4v) is 5.20. The number of hydrogen-bond donors (Lipinski definition) is 0. The highest BCUT2D eigenvalue weighted by molar-refractivity contribution is 9.10. The van der Waals surface area contributed by atoms with Crippen LogP contribution in [0, 0.1) is 5.92 Å². The van der Waals surface area contributed by atoms with E-state index in [0.717, 1.165) is 38.4 Å². The molecule has 3 aromatic rings. The maximum Gasteiger partial charge on any atom is 0.192 e. The van der Waals surface area contributed by atoms with Crippen LogP contribution in [0.25, 0.3) is 21.8 Å². The van der Waals surface area contributed by atoms with Gasteiger partial charge in [0, 0.05) is 29.2 Å². The first kappa shape index (κ1) is 20.0. The highest BCUT2D eigenvalue weighted by atomic mass is 79.9. The number of halogens is 1. The highest BCUT2D eigenvalue weighted by Crippen LogP contribution is 2.43. The van der Waals surface area contributed by atoms with Crippen LogP contribution in [-0.4, -0.2) is 22.4 Å². The number of carbonyl (C=O) groups is 1. The second-order valence-electron chi connectivity index (χ2n) is 7.60. The summed E-state index contributed by atoms with van der Waals surface area (Å²) in [5.41, 5.74) is 3.88. The minimum atomic E-state index is -0.244. The Kier molecular flexibility index (Phi) is 5.21. The summed E-state index contributed by atoms with van der Waals surface area (Å²) in [6, 6.07) is 5.85. The van der Waals surface area contributed by atoms with E-state index in [9.17, 15) is 9.59 Å². The summed E-state index contributed by atoms with van der Waals surface area (Å²) in [5, 5.41) is 2.83. The average molecular weight is 473 g/mol. The molecule has 1 aliphatic heterocycles. The van der Waals surface area contributed by atoms with Crippen LogP contribution in [0.1, 0.15) is 42.7 Å². The molecular formula is C22H21BrN2O3S. The van der Waals surface area contributed by atoms with E-state index in [1.54, 1.807) is 30.7 Å². The number of rotatable bonds is 4. The lowest BCUT2D eigenvalue weighted by molar-refractivity contribution is 0.101. The van der Waals surface area contributed by atoms with Gasteiger partial charge in [0.2, 0.25) is 0 Å². The van der Waals surface area contributed by atoms with Gasteiger partial charge in [-0.05, 0) is 52.9 Å². The van der Waals surface area contributed by atoms with E-state index in [1.165, 1.54) is 6.92 Å². The Labute approximate surface area is 181 Å². The number of methoxy groups -OCH3 is 1. The molecule has 0 radical (unpaired) electrons. The second-order valence-corrected chi connectivity index (χ2v) is 9.27. The summed E-state index contributed by atoms with van der Waals surface area (Å²) in [4.78, 5) is 29.1. The molecule has 2 aromatic heterocycles. The van der Waals surface area contributed by atoms with E-state index in [2.05, 4.69) is 45.4 Å². The maximum atomic E-state index is 12.6. The van der Waals surface area contributed by atoms with Crippen molar-refractivity contribution in [1.29, 1.82) is 0 Å². The van der Waals surface area contributed by atoms with Crippen LogP contribution in [0.15, 0.2) is 39.2 Å². The van der Waals surface area contributed by atoms with Crippen LogP contribution in [0.3, 0.4) is 0 Å². The lowest BCUT2D eigenvalue weighted by Gasteiger charge is -2.34. The maximum absolute atomic E-state index is 12.6. The van der Waals surface area contributed by atoms with Crippen molar-refractivity contribution in [2.45, 2.75) is 33.2 Å². The number of thiazole rings is 1. The van der Waals surface area contributed by atoms with E-state index < -0.39 is 0 Å². The molecule has 7 heteroatoms. The Balaban J connectivity index is 1.98. The summed E-state index contributed by atoms with van der Waals surface area (Å²) < 4.78 is 8.55. The molecule has 0 amide bonds. The third-order valence-electron chi connectivity index (χ3n) is 5.42. The molecule has 0 aliphatic carbocycles. The molecule has 0 fully saturated rings. The molecule has 0 saturated heterocycles. The van der Waals surface area contributed by atoms with Crippen LogP contribution in [-0.2, 0) is 6.42 Å². The van der Waals surface area contributed by atoms with E-state index in [0.29, 0.717) is 11.7 Å². The molecule has 4 rings (SSSR count). The molecular weight excluding hydrogens is 452 g/mol. The Morgan fingerprint density at radius 2 is 2.07 bits per heavy atom. The smallest absolute Gasteiger partial charge is 0.192 e. The predicted molar refractivity (Wildman–Crippen MR) is 119 cm³/mol. The molecule has 0 spiro atoms. The monoisotopic (exact) mass is 472 g/mol. The zero-order chi connectivity index (χ0) is 20.9. The van der Waals surface area contributed by atoms with Gasteiger partial charge in [-0.2, -0.15) is 0 Å². The van der Waals surface area contributed by atoms with E-state index in [4.69, 9.17) is 4.74 Å². The van der Waals surface area contributed by atoms with Gasteiger partial charge in [-0.3, -0.25) is 9.59 Å². The van der Waals surface area contributed by atoms with Crippen molar-refractivity contribution in [1.82, 2.24) is 9.55 Å². The van der Waals surface area contributed by atoms with Crippen molar-refractivity contribution in [3.05, 3.63) is 55.7 Å². The molecule has 0 N–H and O–H groups in total. The lowest BCUT2D eigenvalue weighted by atomic mass is 9.86. The van der Waals surface area contributed by atoms with Gasteiger partial charge in [0.1, 0.15) is 15.4 Å². The first-order valence-corrected chi connectivity index (χ1v) is 11.1. The van der Waals surface area contributed by atoms with Crippen molar-refractivity contribution in [3.63, 3.8) is 0 Å². The van der Waals surface area contributed by atoms with Gasteiger partial charge in [-0.1, -0.05) is 13.8 Å². The Morgan fingerprint density at radius 3 is 2.66 bits per heavy atom. The number of nitrogens with zero attached hydrogens (tertiary/aromatic N) is 2. The standard InChI is InChI=1S/C22H21BrN2O3S/c1-11(2)17-6-13-5-15(22-24-21(23)10-29-22)20(28-4)7-14(13)18-8-19(27)16(12(3)26)9-25(17)18/h5,7-11,17H,6H2,1-4H3. The van der Waals surface area contributed by atoms with Crippen LogP contribution in [0.4, 0.5) is 0 Å². The van der Waals surface area contributed by atoms with E-state index >= 15 is 0 Å². The number of hydrogen-bond acceptors (Lipinski definition) is 5. The summed E-state index contributed by atoms with van der Waals surface area (Å²) in [6.45, 7) is 5.76. The van der Waals surface area contributed by atoms with Gasteiger partial charge < -0.3 is 9.30 Å². The quantitative estimate of drug-likeness (QED) is 0.479. The zero-order valence-electron chi connectivity index (χ0n) is 16.7. The number of ketones is 1. The third-order valence-corrected chi connectivity index (χ3v) is 7.01. The van der Waals surface area contributed by atoms with Crippen molar-refractivity contribution < 1.29 is 9.53 Å². The zero-order valence-corrected chi connectivity index (χ0v) is 19.1. The summed E-state index contributed by atoms with van der Waals surface area (Å²) in [6.07, 6.45) is 2.54. The molecule has 1 aliphatic rings. The fraction of sp³-hybridized carbons (Fsp3) is 0.318. The highest BCUT2D eigenvalue weighted by Gasteiger charge is 2.29. The number of aromatic nitrogens is 2. The number of ether oxygens (including phenoxy) is 1. The first-order chi connectivity index (χ1) is 13.8. The molecule has 0 bridgehead atoms. The molecule has 3 heterocycles. The van der Waals surface area contributed by atoms with Gasteiger partial charge in [-0.25, -0.2) is 4.98 Å². The lowest BCUT2D eigenvalue weighted by Crippen LogP contribution is -2.27. The Morgan fingerprint density at radius 1 is 1.31 bits per heavy atom. The molecule has 1 unspecified atom stereocenters. The van der Waals surface area contributed by atoms with Crippen molar-refractivity contribution >= 4 is 33.0 Å². The van der Waals surface area contributed by atoms with Gasteiger partial charge in [-0.15, -0.1) is 11.3 Å². The van der Waals surface area contributed by atoms with E-state index in [1.807, 2.05) is 11.4 Å². The van der Waals surface area contributed by atoms with Crippen LogP contribution in [0.5, 0.6) is 5.75 Å². The van der Waals surface area contributed by atoms with E-state index in [-0.39, 0.29) is 22.8 Å². The number of benzene rings is 1. The molecule has 29 heavy (non-hydrogen) atoms. The number of Topliss-reactive ketones (excluding diaryl/α,β-unsaturated/α-hetero) is 1.